The number of benzene rings is 2. The van der Waals surface area contributed by atoms with Gasteiger partial charge in [-0.1, -0.05) is 17.7 Å². The smallest absolute Gasteiger partial charge is 0.338 e. The minimum atomic E-state index is -0.611. The SMILES string of the molecule is CCOCc1cc(C(=O)OCC(=O)Nc2ccc(C)cc2Cl)ccc1OC. The summed E-state index contributed by atoms with van der Waals surface area (Å²) in [5.74, 6) is -0.468. The predicted octanol–water partition coefficient (Wildman–Crippen LogP) is 3.99. The Morgan fingerprint density at radius 3 is 2.59 bits per heavy atom. The van der Waals surface area contributed by atoms with Crippen LogP contribution in [-0.2, 0) is 20.9 Å². The van der Waals surface area contributed by atoms with Crippen LogP contribution >= 0.6 is 11.6 Å². The van der Waals surface area contributed by atoms with E-state index < -0.39 is 18.5 Å². The van der Waals surface area contributed by atoms with Gasteiger partial charge in [0.25, 0.3) is 5.91 Å². The summed E-state index contributed by atoms with van der Waals surface area (Å²) < 4.78 is 15.7. The van der Waals surface area contributed by atoms with E-state index in [-0.39, 0.29) is 0 Å². The van der Waals surface area contributed by atoms with Crippen LogP contribution in [0.4, 0.5) is 5.69 Å². The van der Waals surface area contributed by atoms with Crippen molar-refractivity contribution in [1.82, 2.24) is 0 Å². The van der Waals surface area contributed by atoms with Crippen LogP contribution in [-0.4, -0.2) is 32.2 Å². The molecule has 1 amide bonds. The van der Waals surface area contributed by atoms with Gasteiger partial charge in [-0.3, -0.25) is 4.79 Å². The van der Waals surface area contributed by atoms with Crippen molar-refractivity contribution in [1.29, 1.82) is 0 Å². The van der Waals surface area contributed by atoms with Crippen molar-refractivity contribution in [2.24, 2.45) is 0 Å². The van der Waals surface area contributed by atoms with Crippen LogP contribution in [0.1, 0.15) is 28.4 Å². The molecule has 0 aliphatic heterocycles. The third kappa shape index (κ3) is 5.98. The van der Waals surface area contributed by atoms with Crippen molar-refractivity contribution in [3.63, 3.8) is 0 Å². The number of ether oxygens (including phenoxy) is 3. The first-order chi connectivity index (χ1) is 12.9. The van der Waals surface area contributed by atoms with E-state index in [0.29, 0.717) is 35.2 Å². The van der Waals surface area contributed by atoms with Crippen molar-refractivity contribution < 1.29 is 23.8 Å². The number of nitrogens with one attached hydrogen (secondary N) is 1. The topological polar surface area (TPSA) is 73.9 Å². The molecule has 2 rings (SSSR count). The maximum absolute atomic E-state index is 12.2. The van der Waals surface area contributed by atoms with Gasteiger partial charge >= 0.3 is 5.97 Å². The Balaban J connectivity index is 1.97. The number of carbonyl (C=O) groups is 2. The molecule has 7 heteroatoms. The second-order valence-electron chi connectivity index (χ2n) is 5.77. The Morgan fingerprint density at radius 2 is 1.93 bits per heavy atom. The molecule has 0 spiro atoms. The zero-order valence-electron chi connectivity index (χ0n) is 15.5. The average Bonchev–Trinajstić information content (AvgIpc) is 2.66. The number of hydrogen-bond donors (Lipinski definition) is 1. The Kier molecular flexibility index (Phi) is 7.64. The number of anilines is 1. The van der Waals surface area contributed by atoms with E-state index in [9.17, 15) is 9.59 Å². The molecule has 0 bridgehead atoms. The molecule has 2 aromatic rings. The largest absolute Gasteiger partial charge is 0.496 e. The summed E-state index contributed by atoms with van der Waals surface area (Å²) in [6.07, 6.45) is 0. The standard InChI is InChI=1S/C20H22ClNO5/c1-4-26-11-15-10-14(6-8-18(15)25-3)20(24)27-12-19(23)22-17-7-5-13(2)9-16(17)21/h5-10H,4,11-12H2,1-3H3,(H,22,23). The second-order valence-corrected chi connectivity index (χ2v) is 6.18. The minimum Gasteiger partial charge on any atom is -0.496 e. The first-order valence-corrected chi connectivity index (χ1v) is 8.80. The summed E-state index contributed by atoms with van der Waals surface area (Å²) in [7, 11) is 1.54. The summed E-state index contributed by atoms with van der Waals surface area (Å²) in [5.41, 5.74) is 2.48. The van der Waals surface area contributed by atoms with E-state index >= 15 is 0 Å². The van der Waals surface area contributed by atoms with E-state index in [1.165, 1.54) is 0 Å². The molecule has 144 valence electrons. The first-order valence-electron chi connectivity index (χ1n) is 8.42. The molecule has 0 saturated carbocycles. The molecule has 0 aliphatic rings. The summed E-state index contributed by atoms with van der Waals surface area (Å²) >= 11 is 6.07. The lowest BCUT2D eigenvalue weighted by molar-refractivity contribution is -0.119. The predicted molar refractivity (Wildman–Crippen MR) is 103 cm³/mol. The van der Waals surface area contributed by atoms with Gasteiger partial charge in [0.2, 0.25) is 0 Å². The Labute approximate surface area is 163 Å². The molecule has 0 saturated heterocycles. The summed E-state index contributed by atoms with van der Waals surface area (Å²) in [6, 6.07) is 10.1. The number of amides is 1. The molecule has 0 unspecified atom stereocenters. The van der Waals surface area contributed by atoms with Gasteiger partial charge in [0, 0.05) is 12.2 Å². The fourth-order valence-electron chi connectivity index (χ4n) is 2.35. The van der Waals surface area contributed by atoms with Gasteiger partial charge in [-0.25, -0.2) is 4.79 Å². The molecule has 2 aromatic carbocycles. The quantitative estimate of drug-likeness (QED) is 0.689. The summed E-state index contributed by atoms with van der Waals surface area (Å²) in [4.78, 5) is 24.2. The molecule has 0 heterocycles. The van der Waals surface area contributed by atoms with Gasteiger partial charge < -0.3 is 19.5 Å². The third-order valence-corrected chi connectivity index (χ3v) is 4.02. The lowest BCUT2D eigenvalue weighted by Gasteiger charge is -2.11. The molecule has 0 atom stereocenters. The molecule has 1 N–H and O–H groups in total. The average molecular weight is 392 g/mol. The number of carbonyl (C=O) groups excluding carboxylic acids is 2. The normalized spacial score (nSPS) is 10.4. The molecular formula is C20H22ClNO5. The number of methoxy groups -OCH3 is 1. The van der Waals surface area contributed by atoms with Gasteiger partial charge in [0.1, 0.15) is 5.75 Å². The number of esters is 1. The van der Waals surface area contributed by atoms with Crippen LogP contribution in [0.25, 0.3) is 0 Å². The Morgan fingerprint density at radius 1 is 1.15 bits per heavy atom. The van der Waals surface area contributed by atoms with Gasteiger partial charge in [0.05, 0.1) is 30.0 Å². The van der Waals surface area contributed by atoms with Crippen molar-refractivity contribution in [2.75, 3.05) is 25.6 Å². The fraction of sp³-hybridized carbons (Fsp3) is 0.300. The second kappa shape index (κ2) is 9.94. The highest BCUT2D eigenvalue weighted by Crippen LogP contribution is 2.23. The van der Waals surface area contributed by atoms with Crippen molar-refractivity contribution in [2.45, 2.75) is 20.5 Å². The molecule has 0 aromatic heterocycles. The summed E-state index contributed by atoms with van der Waals surface area (Å²) in [5, 5.41) is 3.04. The van der Waals surface area contributed by atoms with Crippen LogP contribution in [0.2, 0.25) is 5.02 Å². The molecule has 0 radical (unpaired) electrons. The number of rotatable bonds is 8. The monoisotopic (exact) mass is 391 g/mol. The number of halogens is 1. The number of aryl methyl sites for hydroxylation is 1. The van der Waals surface area contributed by atoms with E-state index in [0.717, 1.165) is 11.1 Å². The van der Waals surface area contributed by atoms with Crippen LogP contribution in [0.15, 0.2) is 36.4 Å². The maximum atomic E-state index is 12.2. The lowest BCUT2D eigenvalue weighted by Crippen LogP contribution is -2.21. The highest BCUT2D eigenvalue weighted by Gasteiger charge is 2.14. The van der Waals surface area contributed by atoms with Crippen molar-refractivity contribution in [3.8, 4) is 5.75 Å². The van der Waals surface area contributed by atoms with Gasteiger partial charge in [-0.05, 0) is 49.7 Å². The zero-order valence-corrected chi connectivity index (χ0v) is 16.3. The molecule has 27 heavy (non-hydrogen) atoms. The van der Waals surface area contributed by atoms with Gasteiger partial charge in [-0.2, -0.15) is 0 Å². The minimum absolute atomic E-state index is 0.312. The van der Waals surface area contributed by atoms with Crippen LogP contribution in [0.3, 0.4) is 0 Å². The van der Waals surface area contributed by atoms with Crippen LogP contribution in [0, 0.1) is 6.92 Å². The highest BCUT2D eigenvalue weighted by atomic mass is 35.5. The van der Waals surface area contributed by atoms with Crippen molar-refractivity contribution >= 4 is 29.2 Å². The van der Waals surface area contributed by atoms with Crippen LogP contribution < -0.4 is 10.1 Å². The van der Waals surface area contributed by atoms with Gasteiger partial charge in [0.15, 0.2) is 6.61 Å². The Bertz CT molecular complexity index is 822. The van der Waals surface area contributed by atoms with Crippen LogP contribution in [0.5, 0.6) is 5.75 Å². The molecule has 0 aliphatic carbocycles. The molecule has 6 nitrogen and oxygen atoms in total. The van der Waals surface area contributed by atoms with E-state index in [1.807, 2.05) is 19.9 Å². The lowest BCUT2D eigenvalue weighted by atomic mass is 10.1. The van der Waals surface area contributed by atoms with E-state index in [2.05, 4.69) is 5.32 Å². The van der Waals surface area contributed by atoms with Gasteiger partial charge in [-0.15, -0.1) is 0 Å². The molecule has 0 fully saturated rings. The van der Waals surface area contributed by atoms with E-state index in [1.54, 1.807) is 37.4 Å². The fourth-order valence-corrected chi connectivity index (χ4v) is 2.63. The Hall–Kier alpha value is -2.57. The van der Waals surface area contributed by atoms with Crippen molar-refractivity contribution in [3.05, 3.63) is 58.1 Å². The van der Waals surface area contributed by atoms with E-state index in [4.69, 9.17) is 25.8 Å². The number of hydrogen-bond acceptors (Lipinski definition) is 5. The zero-order chi connectivity index (χ0) is 19.8. The third-order valence-electron chi connectivity index (χ3n) is 3.71. The summed E-state index contributed by atoms with van der Waals surface area (Å²) in [6.45, 7) is 4.21. The highest BCUT2D eigenvalue weighted by molar-refractivity contribution is 6.33. The molecular weight excluding hydrogens is 370 g/mol. The maximum Gasteiger partial charge on any atom is 0.338 e. The first kappa shape index (κ1) is 20.7.